The Bertz CT molecular complexity index is 574. The summed E-state index contributed by atoms with van der Waals surface area (Å²) in [7, 11) is 0. The molecular weight excluding hydrogens is 282 g/mol. The van der Waals surface area contributed by atoms with E-state index in [1.807, 2.05) is 0 Å². The Balaban J connectivity index is 1.86. The van der Waals surface area contributed by atoms with E-state index in [0.717, 1.165) is 5.03 Å². The second-order valence-electron chi connectivity index (χ2n) is 3.78. The lowest BCUT2D eigenvalue weighted by Gasteiger charge is -2.05. The molecule has 0 saturated carbocycles. The number of hydrogen-bond donors (Lipinski definition) is 2. The molecule has 0 radical (unpaired) electrons. The molecule has 0 atom stereocenters. The van der Waals surface area contributed by atoms with Crippen LogP contribution in [0, 0.1) is 0 Å². The number of aromatic nitrogens is 1. The van der Waals surface area contributed by atoms with Crippen molar-refractivity contribution in [2.75, 3.05) is 16.8 Å². The summed E-state index contributed by atoms with van der Waals surface area (Å²) in [5, 5.41) is 4.12. The van der Waals surface area contributed by atoms with E-state index in [0.29, 0.717) is 16.4 Å². The second-order valence-corrected chi connectivity index (χ2v) is 5.21. The molecule has 1 aromatic carbocycles. The maximum Gasteiger partial charge on any atom is 0.234 e. The standard InChI is InChI=1S/C13H12ClN3OS/c14-9-2-1-3-11(6-9)17-12(18)8-19-13-5-4-10(15)7-16-13/h1-7H,8,15H2,(H,17,18). The number of nitrogens with one attached hydrogen (secondary N) is 1. The summed E-state index contributed by atoms with van der Waals surface area (Å²) in [4.78, 5) is 15.8. The molecule has 0 aliphatic carbocycles. The first-order chi connectivity index (χ1) is 9.13. The number of nitrogens with zero attached hydrogens (tertiary/aromatic N) is 1. The Morgan fingerprint density at radius 3 is 2.89 bits per heavy atom. The van der Waals surface area contributed by atoms with E-state index in [4.69, 9.17) is 17.3 Å². The van der Waals surface area contributed by atoms with Crippen molar-refractivity contribution >= 4 is 40.6 Å². The fourth-order valence-electron chi connectivity index (χ4n) is 1.38. The lowest BCUT2D eigenvalue weighted by Crippen LogP contribution is -2.13. The van der Waals surface area contributed by atoms with Crippen molar-refractivity contribution in [3.05, 3.63) is 47.6 Å². The van der Waals surface area contributed by atoms with Crippen LogP contribution < -0.4 is 11.1 Å². The van der Waals surface area contributed by atoms with Crippen molar-refractivity contribution in [2.24, 2.45) is 0 Å². The Kier molecular flexibility index (Phi) is 4.65. The minimum atomic E-state index is -0.106. The first-order valence-corrected chi connectivity index (χ1v) is 6.89. The first-order valence-electron chi connectivity index (χ1n) is 5.53. The number of carbonyl (C=O) groups excluding carboxylic acids is 1. The summed E-state index contributed by atoms with van der Waals surface area (Å²) >= 11 is 7.19. The van der Waals surface area contributed by atoms with Crippen molar-refractivity contribution in [3.8, 4) is 0 Å². The molecule has 0 aliphatic heterocycles. The van der Waals surface area contributed by atoms with Crippen molar-refractivity contribution in [2.45, 2.75) is 5.03 Å². The van der Waals surface area contributed by atoms with Crippen LogP contribution >= 0.6 is 23.4 Å². The molecule has 0 saturated heterocycles. The van der Waals surface area contributed by atoms with Gasteiger partial charge in [0.05, 0.1) is 22.7 Å². The highest BCUT2D eigenvalue weighted by Gasteiger charge is 2.04. The number of pyridine rings is 1. The van der Waals surface area contributed by atoms with Gasteiger partial charge in [-0.3, -0.25) is 4.79 Å². The van der Waals surface area contributed by atoms with Gasteiger partial charge in [-0.2, -0.15) is 0 Å². The van der Waals surface area contributed by atoms with Gasteiger partial charge in [0.15, 0.2) is 0 Å². The van der Waals surface area contributed by atoms with Crippen LogP contribution in [0.25, 0.3) is 0 Å². The topological polar surface area (TPSA) is 68.0 Å². The minimum absolute atomic E-state index is 0.106. The quantitative estimate of drug-likeness (QED) is 0.850. The third-order valence-electron chi connectivity index (χ3n) is 2.22. The molecule has 2 aromatic rings. The molecule has 1 aromatic heterocycles. The van der Waals surface area contributed by atoms with E-state index < -0.39 is 0 Å². The Labute approximate surface area is 120 Å². The molecule has 6 heteroatoms. The zero-order valence-electron chi connectivity index (χ0n) is 9.97. The van der Waals surface area contributed by atoms with Crippen LogP contribution in [-0.4, -0.2) is 16.6 Å². The molecular formula is C13H12ClN3OS. The number of benzene rings is 1. The minimum Gasteiger partial charge on any atom is -0.397 e. The van der Waals surface area contributed by atoms with Crippen LogP contribution in [0.15, 0.2) is 47.6 Å². The van der Waals surface area contributed by atoms with Gasteiger partial charge in [0, 0.05) is 10.7 Å². The van der Waals surface area contributed by atoms with Gasteiger partial charge in [0.2, 0.25) is 5.91 Å². The number of thioether (sulfide) groups is 1. The fraction of sp³-hybridized carbons (Fsp3) is 0.0769. The molecule has 98 valence electrons. The lowest BCUT2D eigenvalue weighted by molar-refractivity contribution is -0.113. The summed E-state index contributed by atoms with van der Waals surface area (Å²) < 4.78 is 0. The Hall–Kier alpha value is -1.72. The van der Waals surface area contributed by atoms with Gasteiger partial charge in [-0.25, -0.2) is 4.98 Å². The molecule has 0 aliphatic rings. The molecule has 3 N–H and O–H groups in total. The lowest BCUT2D eigenvalue weighted by atomic mass is 10.3. The number of anilines is 2. The van der Waals surface area contributed by atoms with Crippen LogP contribution in [-0.2, 0) is 4.79 Å². The normalized spacial score (nSPS) is 10.2. The van der Waals surface area contributed by atoms with E-state index in [-0.39, 0.29) is 11.7 Å². The molecule has 0 spiro atoms. The molecule has 2 rings (SSSR count). The van der Waals surface area contributed by atoms with Crippen LogP contribution in [0.5, 0.6) is 0 Å². The third kappa shape index (κ3) is 4.46. The fourth-order valence-corrected chi connectivity index (χ4v) is 2.21. The highest BCUT2D eigenvalue weighted by molar-refractivity contribution is 7.99. The zero-order valence-corrected chi connectivity index (χ0v) is 11.5. The highest BCUT2D eigenvalue weighted by Crippen LogP contribution is 2.18. The molecule has 1 amide bonds. The second kappa shape index (κ2) is 6.45. The van der Waals surface area contributed by atoms with Crippen molar-refractivity contribution in [3.63, 3.8) is 0 Å². The van der Waals surface area contributed by atoms with Gasteiger partial charge < -0.3 is 11.1 Å². The van der Waals surface area contributed by atoms with Gasteiger partial charge in [-0.05, 0) is 30.3 Å². The SMILES string of the molecule is Nc1ccc(SCC(=O)Nc2cccc(Cl)c2)nc1. The van der Waals surface area contributed by atoms with Crippen LogP contribution in [0.2, 0.25) is 5.02 Å². The third-order valence-corrected chi connectivity index (χ3v) is 3.40. The average molecular weight is 294 g/mol. The number of rotatable bonds is 4. The molecule has 1 heterocycles. The number of nitrogens with two attached hydrogens (primary N) is 1. The van der Waals surface area contributed by atoms with E-state index in [2.05, 4.69) is 10.3 Å². The van der Waals surface area contributed by atoms with Gasteiger partial charge in [0.1, 0.15) is 0 Å². The Morgan fingerprint density at radius 2 is 2.21 bits per heavy atom. The maximum absolute atomic E-state index is 11.7. The molecule has 19 heavy (non-hydrogen) atoms. The number of nitrogen functional groups attached to an aromatic ring is 1. The van der Waals surface area contributed by atoms with Crippen molar-refractivity contribution < 1.29 is 4.79 Å². The monoisotopic (exact) mass is 293 g/mol. The predicted octanol–water partition coefficient (Wildman–Crippen LogP) is 3.05. The van der Waals surface area contributed by atoms with Gasteiger partial charge in [-0.15, -0.1) is 0 Å². The predicted molar refractivity (Wildman–Crippen MR) is 79.5 cm³/mol. The Morgan fingerprint density at radius 1 is 1.37 bits per heavy atom. The van der Waals surface area contributed by atoms with E-state index in [1.165, 1.54) is 11.8 Å². The zero-order chi connectivity index (χ0) is 13.7. The summed E-state index contributed by atoms with van der Waals surface area (Å²) in [6.45, 7) is 0. The summed E-state index contributed by atoms with van der Waals surface area (Å²) in [5.74, 6) is 0.176. The largest absolute Gasteiger partial charge is 0.397 e. The van der Waals surface area contributed by atoms with E-state index >= 15 is 0 Å². The van der Waals surface area contributed by atoms with Crippen LogP contribution in [0.3, 0.4) is 0 Å². The summed E-state index contributed by atoms with van der Waals surface area (Å²) in [5.41, 5.74) is 6.82. The number of halogens is 1. The highest BCUT2D eigenvalue weighted by atomic mass is 35.5. The maximum atomic E-state index is 11.7. The first kappa shape index (κ1) is 13.7. The van der Waals surface area contributed by atoms with Crippen molar-refractivity contribution in [1.29, 1.82) is 0 Å². The summed E-state index contributed by atoms with van der Waals surface area (Å²) in [6, 6.07) is 10.6. The molecule has 0 fully saturated rings. The van der Waals surface area contributed by atoms with E-state index in [9.17, 15) is 4.79 Å². The van der Waals surface area contributed by atoms with Crippen LogP contribution in [0.1, 0.15) is 0 Å². The average Bonchev–Trinajstić information content (AvgIpc) is 2.38. The van der Waals surface area contributed by atoms with Gasteiger partial charge in [0.25, 0.3) is 0 Å². The number of amides is 1. The molecule has 4 nitrogen and oxygen atoms in total. The van der Waals surface area contributed by atoms with Crippen molar-refractivity contribution in [1.82, 2.24) is 4.98 Å². The molecule has 0 unspecified atom stereocenters. The van der Waals surface area contributed by atoms with Crippen LogP contribution in [0.4, 0.5) is 11.4 Å². The van der Waals surface area contributed by atoms with E-state index in [1.54, 1.807) is 42.6 Å². The number of hydrogen-bond acceptors (Lipinski definition) is 4. The van der Waals surface area contributed by atoms with Gasteiger partial charge in [-0.1, -0.05) is 29.4 Å². The number of carbonyl (C=O) groups is 1. The smallest absolute Gasteiger partial charge is 0.234 e. The van der Waals surface area contributed by atoms with Gasteiger partial charge >= 0.3 is 0 Å². The molecule has 0 bridgehead atoms. The summed E-state index contributed by atoms with van der Waals surface area (Å²) in [6.07, 6.45) is 1.57.